The first kappa shape index (κ1) is 12.1. The lowest BCUT2D eigenvalue weighted by Gasteiger charge is -2.14. The lowest BCUT2D eigenvalue weighted by Crippen LogP contribution is -2.29. The lowest BCUT2D eigenvalue weighted by molar-refractivity contribution is -0.116. The van der Waals surface area contributed by atoms with E-state index in [9.17, 15) is 4.79 Å². The fourth-order valence-electron chi connectivity index (χ4n) is 2.07. The predicted molar refractivity (Wildman–Crippen MR) is 68.7 cm³/mol. The van der Waals surface area contributed by atoms with Crippen LogP contribution < -0.4 is 11.1 Å². The molecule has 1 atom stereocenters. The summed E-state index contributed by atoms with van der Waals surface area (Å²) < 4.78 is 0. The van der Waals surface area contributed by atoms with Crippen LogP contribution >= 0.6 is 0 Å². The van der Waals surface area contributed by atoms with E-state index in [1.165, 1.54) is 0 Å². The van der Waals surface area contributed by atoms with E-state index >= 15 is 0 Å². The van der Waals surface area contributed by atoms with Crippen LogP contribution in [0.3, 0.4) is 0 Å². The lowest BCUT2D eigenvalue weighted by atomic mass is 10.3. The summed E-state index contributed by atoms with van der Waals surface area (Å²) in [6.45, 7) is 2.73. The summed E-state index contributed by atoms with van der Waals surface area (Å²) in [4.78, 5) is 13.9. The van der Waals surface area contributed by atoms with Crippen molar-refractivity contribution < 1.29 is 4.79 Å². The Balaban J connectivity index is 1.71. The molecule has 1 aliphatic rings. The van der Waals surface area contributed by atoms with E-state index in [2.05, 4.69) is 10.2 Å². The fraction of sp³-hybridized carbons (Fsp3) is 0.462. The Morgan fingerprint density at radius 3 is 2.82 bits per heavy atom. The molecule has 3 N–H and O–H groups in total. The van der Waals surface area contributed by atoms with Gasteiger partial charge in [-0.1, -0.05) is 18.2 Å². The molecule has 1 heterocycles. The second-order valence-corrected chi connectivity index (χ2v) is 4.51. The van der Waals surface area contributed by atoms with Gasteiger partial charge in [0.15, 0.2) is 0 Å². The zero-order valence-electron chi connectivity index (χ0n) is 9.93. The fourth-order valence-corrected chi connectivity index (χ4v) is 2.07. The first-order valence-electron chi connectivity index (χ1n) is 6.07. The normalized spacial score (nSPS) is 20.4. The number of carbonyl (C=O) groups is 1. The number of nitrogens with two attached hydrogens (primary N) is 1. The summed E-state index contributed by atoms with van der Waals surface area (Å²) in [7, 11) is 0. The molecule has 0 saturated carbocycles. The maximum Gasteiger partial charge on any atom is 0.225 e. The van der Waals surface area contributed by atoms with Gasteiger partial charge in [0.1, 0.15) is 0 Å². The van der Waals surface area contributed by atoms with E-state index in [0.717, 1.165) is 31.7 Å². The van der Waals surface area contributed by atoms with E-state index < -0.39 is 0 Å². The van der Waals surface area contributed by atoms with Gasteiger partial charge in [0.05, 0.1) is 0 Å². The Bertz CT molecular complexity index is 366. The number of nitrogens with zero attached hydrogens (tertiary/aromatic N) is 1. The minimum Gasteiger partial charge on any atom is -0.326 e. The van der Waals surface area contributed by atoms with Crippen LogP contribution in [0.1, 0.15) is 12.8 Å². The standard InChI is InChI=1S/C13H19N3O/c14-11-6-8-16(10-11)9-7-13(17)15-12-4-2-1-3-5-12/h1-5,11H,6-10,14H2,(H,15,17). The molecule has 0 bridgehead atoms. The number of likely N-dealkylation sites (tertiary alicyclic amines) is 1. The van der Waals surface area contributed by atoms with Gasteiger partial charge < -0.3 is 16.0 Å². The van der Waals surface area contributed by atoms with Gasteiger partial charge >= 0.3 is 0 Å². The van der Waals surface area contributed by atoms with Gasteiger partial charge in [0.2, 0.25) is 5.91 Å². The maximum absolute atomic E-state index is 11.7. The number of hydrogen-bond acceptors (Lipinski definition) is 3. The molecule has 1 aromatic carbocycles. The molecule has 1 saturated heterocycles. The summed E-state index contributed by atoms with van der Waals surface area (Å²) in [5, 5.41) is 2.88. The molecule has 1 aliphatic heterocycles. The van der Waals surface area contributed by atoms with Crippen molar-refractivity contribution in [3.63, 3.8) is 0 Å². The van der Waals surface area contributed by atoms with Crippen LogP contribution in [0, 0.1) is 0 Å². The van der Waals surface area contributed by atoms with Gasteiger partial charge in [-0.15, -0.1) is 0 Å². The van der Waals surface area contributed by atoms with Crippen molar-refractivity contribution in [3.8, 4) is 0 Å². The van der Waals surface area contributed by atoms with E-state index in [1.54, 1.807) is 0 Å². The van der Waals surface area contributed by atoms with E-state index in [1.807, 2.05) is 30.3 Å². The van der Waals surface area contributed by atoms with E-state index in [0.29, 0.717) is 6.42 Å². The Morgan fingerprint density at radius 1 is 1.41 bits per heavy atom. The number of carbonyl (C=O) groups excluding carboxylic acids is 1. The van der Waals surface area contributed by atoms with Gasteiger partial charge in [-0.2, -0.15) is 0 Å². The highest BCUT2D eigenvalue weighted by molar-refractivity contribution is 5.90. The van der Waals surface area contributed by atoms with Crippen molar-refractivity contribution in [1.82, 2.24) is 4.90 Å². The number of para-hydroxylation sites is 1. The van der Waals surface area contributed by atoms with Crippen molar-refractivity contribution in [2.75, 3.05) is 25.0 Å². The van der Waals surface area contributed by atoms with Crippen molar-refractivity contribution in [3.05, 3.63) is 30.3 Å². The Kier molecular flexibility index (Phi) is 4.12. The Hall–Kier alpha value is -1.39. The summed E-state index contributed by atoms with van der Waals surface area (Å²) >= 11 is 0. The molecule has 1 fully saturated rings. The highest BCUT2D eigenvalue weighted by Crippen LogP contribution is 2.09. The molecule has 92 valence electrons. The van der Waals surface area contributed by atoms with Crippen LogP contribution in [0.5, 0.6) is 0 Å². The third-order valence-corrected chi connectivity index (χ3v) is 3.02. The molecular weight excluding hydrogens is 214 g/mol. The number of benzene rings is 1. The molecule has 1 unspecified atom stereocenters. The quantitative estimate of drug-likeness (QED) is 0.817. The van der Waals surface area contributed by atoms with Crippen LogP contribution in [0.4, 0.5) is 5.69 Å². The minimum atomic E-state index is 0.0664. The highest BCUT2D eigenvalue weighted by Gasteiger charge is 2.19. The summed E-state index contributed by atoms with van der Waals surface area (Å²) in [5.41, 5.74) is 6.67. The SMILES string of the molecule is NC1CCN(CCC(=O)Nc2ccccc2)C1. The molecule has 0 spiro atoms. The zero-order valence-corrected chi connectivity index (χ0v) is 9.93. The van der Waals surface area contributed by atoms with Crippen LogP contribution in [-0.2, 0) is 4.79 Å². The molecule has 1 aromatic rings. The van der Waals surface area contributed by atoms with Crippen LogP contribution in [0.25, 0.3) is 0 Å². The Labute approximate surface area is 102 Å². The summed E-state index contributed by atoms with van der Waals surface area (Å²) in [5.74, 6) is 0.0664. The third kappa shape index (κ3) is 3.84. The molecule has 2 rings (SSSR count). The first-order chi connectivity index (χ1) is 8.24. The molecular formula is C13H19N3O. The number of anilines is 1. The van der Waals surface area contributed by atoms with E-state index in [-0.39, 0.29) is 11.9 Å². The molecule has 1 amide bonds. The number of amides is 1. The minimum absolute atomic E-state index is 0.0664. The van der Waals surface area contributed by atoms with Crippen LogP contribution in [0.2, 0.25) is 0 Å². The van der Waals surface area contributed by atoms with Crippen molar-refractivity contribution in [2.24, 2.45) is 5.73 Å². The molecule has 17 heavy (non-hydrogen) atoms. The average molecular weight is 233 g/mol. The van der Waals surface area contributed by atoms with Crippen molar-refractivity contribution in [1.29, 1.82) is 0 Å². The second-order valence-electron chi connectivity index (χ2n) is 4.51. The second kappa shape index (κ2) is 5.80. The first-order valence-corrected chi connectivity index (χ1v) is 6.07. The average Bonchev–Trinajstić information content (AvgIpc) is 2.74. The highest BCUT2D eigenvalue weighted by atomic mass is 16.1. The molecule has 4 nitrogen and oxygen atoms in total. The van der Waals surface area contributed by atoms with Crippen LogP contribution in [0.15, 0.2) is 30.3 Å². The summed E-state index contributed by atoms with van der Waals surface area (Å²) in [6.07, 6.45) is 1.57. The number of nitrogens with one attached hydrogen (secondary N) is 1. The molecule has 4 heteroatoms. The van der Waals surface area contributed by atoms with Crippen molar-refractivity contribution >= 4 is 11.6 Å². The van der Waals surface area contributed by atoms with Crippen molar-refractivity contribution in [2.45, 2.75) is 18.9 Å². The smallest absolute Gasteiger partial charge is 0.225 e. The molecule has 0 radical (unpaired) electrons. The monoisotopic (exact) mass is 233 g/mol. The largest absolute Gasteiger partial charge is 0.326 e. The van der Waals surface area contributed by atoms with Crippen LogP contribution in [-0.4, -0.2) is 36.5 Å². The Morgan fingerprint density at radius 2 is 2.18 bits per heavy atom. The maximum atomic E-state index is 11.7. The van der Waals surface area contributed by atoms with Gasteiger partial charge in [-0.25, -0.2) is 0 Å². The molecule has 0 aromatic heterocycles. The number of hydrogen-bond donors (Lipinski definition) is 2. The number of rotatable bonds is 4. The molecule has 0 aliphatic carbocycles. The van der Waals surface area contributed by atoms with E-state index in [4.69, 9.17) is 5.73 Å². The zero-order chi connectivity index (χ0) is 12.1. The van der Waals surface area contributed by atoms with Gasteiger partial charge in [-0.3, -0.25) is 4.79 Å². The predicted octanol–water partition coefficient (Wildman–Crippen LogP) is 1.05. The van der Waals surface area contributed by atoms with Gasteiger partial charge in [-0.05, 0) is 25.1 Å². The summed E-state index contributed by atoms with van der Waals surface area (Å²) in [6, 6.07) is 9.82. The third-order valence-electron chi connectivity index (χ3n) is 3.02. The topological polar surface area (TPSA) is 58.4 Å². The van der Waals surface area contributed by atoms with Gasteiger partial charge in [0, 0.05) is 31.2 Å². The van der Waals surface area contributed by atoms with Gasteiger partial charge in [0.25, 0.3) is 0 Å².